The normalized spacial score (nSPS) is 20.8. The fourth-order valence-corrected chi connectivity index (χ4v) is 2.66. The maximum Gasteiger partial charge on any atom is 0.250 e. The molecule has 5 heteroatoms. The molecule has 0 atom stereocenters. The van der Waals surface area contributed by atoms with Crippen LogP contribution in [0.4, 0.5) is 8.78 Å². The molecule has 0 bridgehead atoms. The first-order chi connectivity index (χ1) is 7.92. The summed E-state index contributed by atoms with van der Waals surface area (Å²) >= 11 is 5.99. The SMILES string of the molecule is COc1ccc(C2(CN)CC(F)(F)C2)cc1Cl. The van der Waals surface area contributed by atoms with Crippen LogP contribution in [0, 0.1) is 0 Å². The Balaban J connectivity index is 2.31. The zero-order valence-corrected chi connectivity index (χ0v) is 10.2. The van der Waals surface area contributed by atoms with Crippen LogP contribution in [-0.2, 0) is 5.41 Å². The summed E-state index contributed by atoms with van der Waals surface area (Å²) in [7, 11) is 1.51. The van der Waals surface area contributed by atoms with Gasteiger partial charge >= 0.3 is 0 Å². The minimum atomic E-state index is -2.61. The van der Waals surface area contributed by atoms with Crippen LogP contribution in [0.3, 0.4) is 0 Å². The molecule has 0 aromatic heterocycles. The lowest BCUT2D eigenvalue weighted by molar-refractivity contribution is -0.123. The van der Waals surface area contributed by atoms with Crippen molar-refractivity contribution in [3.05, 3.63) is 28.8 Å². The van der Waals surface area contributed by atoms with Crippen LogP contribution in [0.1, 0.15) is 18.4 Å². The number of hydrogen-bond acceptors (Lipinski definition) is 2. The van der Waals surface area contributed by atoms with Gasteiger partial charge in [0.05, 0.1) is 12.1 Å². The third kappa shape index (κ3) is 2.11. The molecule has 0 radical (unpaired) electrons. The van der Waals surface area contributed by atoms with Gasteiger partial charge in [-0.25, -0.2) is 8.78 Å². The van der Waals surface area contributed by atoms with E-state index in [0.29, 0.717) is 10.8 Å². The highest BCUT2D eigenvalue weighted by atomic mass is 35.5. The molecule has 0 heterocycles. The van der Waals surface area contributed by atoms with Crippen molar-refractivity contribution in [3.63, 3.8) is 0 Å². The largest absolute Gasteiger partial charge is 0.495 e. The van der Waals surface area contributed by atoms with Crippen molar-refractivity contribution in [1.82, 2.24) is 0 Å². The molecule has 2 rings (SSSR count). The summed E-state index contributed by atoms with van der Waals surface area (Å²) in [5, 5.41) is 0.424. The molecule has 2 nitrogen and oxygen atoms in total. The number of hydrogen-bond donors (Lipinski definition) is 1. The number of halogens is 3. The number of methoxy groups -OCH3 is 1. The van der Waals surface area contributed by atoms with Gasteiger partial charge in [0.25, 0.3) is 0 Å². The summed E-state index contributed by atoms with van der Waals surface area (Å²) in [4.78, 5) is 0. The summed E-state index contributed by atoms with van der Waals surface area (Å²) in [6.07, 6.45) is -0.418. The van der Waals surface area contributed by atoms with E-state index in [1.807, 2.05) is 0 Å². The maximum atomic E-state index is 13.0. The number of ether oxygens (including phenoxy) is 1. The van der Waals surface area contributed by atoms with E-state index in [2.05, 4.69) is 0 Å². The molecule has 0 saturated heterocycles. The smallest absolute Gasteiger partial charge is 0.250 e. The van der Waals surface area contributed by atoms with E-state index in [1.54, 1.807) is 18.2 Å². The fraction of sp³-hybridized carbons (Fsp3) is 0.500. The third-order valence-corrected chi connectivity index (χ3v) is 3.64. The van der Waals surface area contributed by atoms with Crippen molar-refractivity contribution in [2.24, 2.45) is 5.73 Å². The van der Waals surface area contributed by atoms with Crippen molar-refractivity contribution in [2.45, 2.75) is 24.2 Å². The van der Waals surface area contributed by atoms with Gasteiger partial charge in [-0.1, -0.05) is 17.7 Å². The molecule has 1 fully saturated rings. The minimum absolute atomic E-state index is 0.200. The van der Waals surface area contributed by atoms with Gasteiger partial charge in [0.1, 0.15) is 5.75 Å². The monoisotopic (exact) mass is 261 g/mol. The first-order valence-electron chi connectivity index (χ1n) is 5.34. The third-order valence-electron chi connectivity index (χ3n) is 3.35. The zero-order valence-electron chi connectivity index (χ0n) is 9.47. The number of rotatable bonds is 3. The number of alkyl halides is 2. The molecular formula is C12H14ClF2NO. The van der Waals surface area contributed by atoms with Gasteiger partial charge in [-0.3, -0.25) is 0 Å². The van der Waals surface area contributed by atoms with Crippen molar-refractivity contribution in [1.29, 1.82) is 0 Å². The van der Waals surface area contributed by atoms with E-state index in [-0.39, 0.29) is 19.4 Å². The lowest BCUT2D eigenvalue weighted by Crippen LogP contribution is -2.53. The molecule has 1 aromatic carbocycles. The highest BCUT2D eigenvalue weighted by Crippen LogP contribution is 2.53. The van der Waals surface area contributed by atoms with E-state index >= 15 is 0 Å². The molecule has 1 aliphatic rings. The molecule has 2 N–H and O–H groups in total. The lowest BCUT2D eigenvalue weighted by atomic mass is 9.62. The van der Waals surface area contributed by atoms with Crippen LogP contribution in [0.2, 0.25) is 5.02 Å². The average molecular weight is 262 g/mol. The molecule has 0 spiro atoms. The minimum Gasteiger partial charge on any atom is -0.495 e. The van der Waals surface area contributed by atoms with E-state index in [1.165, 1.54) is 7.11 Å². The molecule has 1 aliphatic carbocycles. The topological polar surface area (TPSA) is 35.2 Å². The Kier molecular flexibility index (Phi) is 3.04. The number of benzene rings is 1. The Morgan fingerprint density at radius 1 is 1.41 bits per heavy atom. The van der Waals surface area contributed by atoms with E-state index in [9.17, 15) is 8.78 Å². The predicted molar refractivity (Wildman–Crippen MR) is 62.9 cm³/mol. The average Bonchev–Trinajstić information content (AvgIpc) is 2.25. The molecular weight excluding hydrogens is 248 g/mol. The van der Waals surface area contributed by atoms with Gasteiger partial charge in [-0.15, -0.1) is 0 Å². The van der Waals surface area contributed by atoms with Crippen LogP contribution in [0.5, 0.6) is 5.75 Å². The molecule has 0 amide bonds. The van der Waals surface area contributed by atoms with Gasteiger partial charge in [-0.2, -0.15) is 0 Å². The summed E-state index contributed by atoms with van der Waals surface area (Å²) in [6, 6.07) is 5.11. The van der Waals surface area contributed by atoms with Crippen LogP contribution in [0.25, 0.3) is 0 Å². The standard InChI is InChI=1S/C12H14ClF2NO/c1-17-10-3-2-8(4-9(10)13)11(7-16)5-12(14,15)6-11/h2-4H,5-7,16H2,1H3. The Morgan fingerprint density at radius 3 is 2.47 bits per heavy atom. The molecule has 0 aliphatic heterocycles. The highest BCUT2D eigenvalue weighted by molar-refractivity contribution is 6.32. The Morgan fingerprint density at radius 2 is 2.06 bits per heavy atom. The van der Waals surface area contributed by atoms with Crippen LogP contribution in [-0.4, -0.2) is 19.6 Å². The Hall–Kier alpha value is -0.870. The number of nitrogens with two attached hydrogens (primary N) is 1. The second-order valence-electron chi connectivity index (χ2n) is 4.54. The van der Waals surface area contributed by atoms with Crippen LogP contribution < -0.4 is 10.5 Å². The van der Waals surface area contributed by atoms with Gasteiger partial charge in [-0.05, 0) is 17.7 Å². The summed E-state index contributed by atoms with van der Waals surface area (Å²) in [6.45, 7) is 0.200. The predicted octanol–water partition coefficient (Wildman–Crippen LogP) is 2.97. The van der Waals surface area contributed by atoms with Crippen molar-refractivity contribution >= 4 is 11.6 Å². The molecule has 1 saturated carbocycles. The molecule has 17 heavy (non-hydrogen) atoms. The second kappa shape index (κ2) is 4.10. The zero-order chi connectivity index (χ0) is 12.7. The van der Waals surface area contributed by atoms with Crippen molar-refractivity contribution in [2.75, 3.05) is 13.7 Å². The first-order valence-corrected chi connectivity index (χ1v) is 5.72. The maximum absolute atomic E-state index is 13.0. The lowest BCUT2D eigenvalue weighted by Gasteiger charge is -2.47. The van der Waals surface area contributed by atoms with Gasteiger partial charge in [0.2, 0.25) is 5.92 Å². The van der Waals surface area contributed by atoms with Crippen molar-refractivity contribution < 1.29 is 13.5 Å². The second-order valence-corrected chi connectivity index (χ2v) is 4.95. The molecule has 1 aromatic rings. The molecule has 0 unspecified atom stereocenters. The Labute approximate surface area is 104 Å². The Bertz CT molecular complexity index is 429. The first kappa shape index (κ1) is 12.6. The van der Waals surface area contributed by atoms with E-state index in [4.69, 9.17) is 22.1 Å². The van der Waals surface area contributed by atoms with Crippen LogP contribution >= 0.6 is 11.6 Å². The van der Waals surface area contributed by atoms with Crippen LogP contribution in [0.15, 0.2) is 18.2 Å². The van der Waals surface area contributed by atoms with Crippen molar-refractivity contribution in [3.8, 4) is 5.75 Å². The van der Waals surface area contributed by atoms with Gasteiger partial charge < -0.3 is 10.5 Å². The van der Waals surface area contributed by atoms with Gasteiger partial charge in [0.15, 0.2) is 0 Å². The van der Waals surface area contributed by atoms with Gasteiger partial charge in [0, 0.05) is 24.8 Å². The summed E-state index contributed by atoms with van der Waals surface area (Å²) < 4.78 is 31.1. The summed E-state index contributed by atoms with van der Waals surface area (Å²) in [5.41, 5.74) is 5.76. The van der Waals surface area contributed by atoms with E-state index < -0.39 is 11.3 Å². The fourth-order valence-electron chi connectivity index (χ4n) is 2.40. The quantitative estimate of drug-likeness (QED) is 0.908. The molecule has 94 valence electrons. The van der Waals surface area contributed by atoms with E-state index in [0.717, 1.165) is 5.56 Å². The highest BCUT2D eigenvalue weighted by Gasteiger charge is 2.56. The summed E-state index contributed by atoms with van der Waals surface area (Å²) in [5.74, 6) is -2.07.